The van der Waals surface area contributed by atoms with Crippen molar-refractivity contribution in [3.05, 3.63) is 47.8 Å². The van der Waals surface area contributed by atoms with Crippen molar-refractivity contribution >= 4 is 5.91 Å². The third-order valence-electron chi connectivity index (χ3n) is 2.60. The highest BCUT2D eigenvalue weighted by molar-refractivity contribution is 5.94. The molecule has 0 atom stereocenters. The number of hydrogen-bond acceptors (Lipinski definition) is 1. The molecule has 92 valence electrons. The quantitative estimate of drug-likeness (QED) is 0.567. The SMILES string of the molecule is C=CCCCN(C)C(=O)c1ccc(C)cc1F. The first-order valence-electron chi connectivity index (χ1n) is 5.68. The number of hydrogen-bond donors (Lipinski definition) is 0. The lowest BCUT2D eigenvalue weighted by molar-refractivity contribution is 0.0789. The summed E-state index contributed by atoms with van der Waals surface area (Å²) < 4.78 is 13.6. The van der Waals surface area contributed by atoms with Gasteiger partial charge in [-0.2, -0.15) is 0 Å². The van der Waals surface area contributed by atoms with E-state index in [0.717, 1.165) is 18.4 Å². The molecule has 0 spiro atoms. The minimum absolute atomic E-state index is 0.136. The van der Waals surface area contributed by atoms with E-state index < -0.39 is 5.82 Å². The van der Waals surface area contributed by atoms with Gasteiger partial charge >= 0.3 is 0 Å². The van der Waals surface area contributed by atoms with Gasteiger partial charge in [0.2, 0.25) is 0 Å². The molecular weight excluding hydrogens is 217 g/mol. The highest BCUT2D eigenvalue weighted by Crippen LogP contribution is 2.12. The Bertz CT molecular complexity index is 415. The third kappa shape index (κ3) is 3.70. The van der Waals surface area contributed by atoms with Crippen LogP contribution in [0.1, 0.15) is 28.8 Å². The number of benzene rings is 1. The van der Waals surface area contributed by atoms with Gasteiger partial charge in [0.15, 0.2) is 0 Å². The predicted octanol–water partition coefficient (Wildman–Crippen LogP) is 3.17. The number of amides is 1. The van der Waals surface area contributed by atoms with Gasteiger partial charge in [-0.1, -0.05) is 12.1 Å². The van der Waals surface area contributed by atoms with Gasteiger partial charge in [0, 0.05) is 13.6 Å². The van der Waals surface area contributed by atoms with Gasteiger partial charge in [-0.25, -0.2) is 4.39 Å². The zero-order valence-corrected chi connectivity index (χ0v) is 10.4. The number of unbranched alkanes of at least 4 members (excludes halogenated alkanes) is 1. The molecule has 0 N–H and O–H groups in total. The van der Waals surface area contributed by atoms with Crippen molar-refractivity contribution in [1.82, 2.24) is 4.90 Å². The molecule has 1 aromatic carbocycles. The Balaban J connectivity index is 2.71. The zero-order chi connectivity index (χ0) is 12.8. The van der Waals surface area contributed by atoms with Crippen LogP contribution in [0.15, 0.2) is 30.9 Å². The Kier molecular flexibility index (Phi) is 4.88. The minimum atomic E-state index is -0.453. The van der Waals surface area contributed by atoms with E-state index in [1.54, 1.807) is 20.0 Å². The van der Waals surface area contributed by atoms with E-state index in [4.69, 9.17) is 0 Å². The highest BCUT2D eigenvalue weighted by atomic mass is 19.1. The summed E-state index contributed by atoms with van der Waals surface area (Å²) in [6, 6.07) is 4.66. The van der Waals surface area contributed by atoms with Crippen LogP contribution in [-0.2, 0) is 0 Å². The van der Waals surface area contributed by atoms with Crippen molar-refractivity contribution in [3.63, 3.8) is 0 Å². The topological polar surface area (TPSA) is 20.3 Å². The number of nitrogens with zero attached hydrogens (tertiary/aromatic N) is 1. The van der Waals surface area contributed by atoms with E-state index in [9.17, 15) is 9.18 Å². The largest absolute Gasteiger partial charge is 0.342 e. The van der Waals surface area contributed by atoms with Crippen LogP contribution < -0.4 is 0 Å². The average molecular weight is 235 g/mol. The lowest BCUT2D eigenvalue weighted by Crippen LogP contribution is -2.28. The Hall–Kier alpha value is -1.64. The summed E-state index contributed by atoms with van der Waals surface area (Å²) in [5.41, 5.74) is 0.949. The molecule has 0 aliphatic rings. The van der Waals surface area contributed by atoms with Gasteiger partial charge in [-0.3, -0.25) is 4.79 Å². The first-order chi connectivity index (χ1) is 8.06. The maximum Gasteiger partial charge on any atom is 0.256 e. The molecule has 1 rings (SSSR count). The van der Waals surface area contributed by atoms with Gasteiger partial charge in [-0.15, -0.1) is 6.58 Å². The second kappa shape index (κ2) is 6.18. The van der Waals surface area contributed by atoms with Crippen molar-refractivity contribution in [1.29, 1.82) is 0 Å². The Morgan fingerprint density at radius 2 is 2.24 bits per heavy atom. The third-order valence-corrected chi connectivity index (χ3v) is 2.60. The Morgan fingerprint density at radius 1 is 1.53 bits per heavy atom. The first-order valence-corrected chi connectivity index (χ1v) is 5.68. The fourth-order valence-corrected chi connectivity index (χ4v) is 1.57. The maximum atomic E-state index is 13.6. The fourth-order valence-electron chi connectivity index (χ4n) is 1.57. The van der Waals surface area contributed by atoms with E-state index in [1.165, 1.54) is 17.0 Å². The fraction of sp³-hybridized carbons (Fsp3) is 0.357. The zero-order valence-electron chi connectivity index (χ0n) is 10.4. The Labute approximate surface area is 102 Å². The van der Waals surface area contributed by atoms with E-state index in [2.05, 4.69) is 6.58 Å². The summed E-state index contributed by atoms with van der Waals surface area (Å²) in [5, 5.41) is 0. The number of allylic oxidation sites excluding steroid dienone is 1. The normalized spacial score (nSPS) is 10.1. The monoisotopic (exact) mass is 235 g/mol. The van der Waals surface area contributed by atoms with E-state index in [0.29, 0.717) is 6.54 Å². The van der Waals surface area contributed by atoms with Crippen LogP contribution in [0.3, 0.4) is 0 Å². The molecule has 1 aromatic rings. The second-order valence-electron chi connectivity index (χ2n) is 4.14. The molecule has 1 amide bonds. The smallest absolute Gasteiger partial charge is 0.256 e. The van der Waals surface area contributed by atoms with Gasteiger partial charge in [0.05, 0.1) is 5.56 Å². The molecule has 17 heavy (non-hydrogen) atoms. The van der Waals surface area contributed by atoms with Gasteiger partial charge in [0.25, 0.3) is 5.91 Å². The molecular formula is C14H18FNO. The Morgan fingerprint density at radius 3 is 2.82 bits per heavy atom. The average Bonchev–Trinajstić information content (AvgIpc) is 2.28. The van der Waals surface area contributed by atoms with E-state index in [-0.39, 0.29) is 11.5 Å². The predicted molar refractivity (Wildman–Crippen MR) is 67.5 cm³/mol. The molecule has 0 fully saturated rings. The minimum Gasteiger partial charge on any atom is -0.342 e. The van der Waals surface area contributed by atoms with Crippen molar-refractivity contribution in [2.45, 2.75) is 19.8 Å². The molecule has 0 aliphatic heterocycles. The first kappa shape index (κ1) is 13.4. The molecule has 0 unspecified atom stereocenters. The molecule has 0 saturated carbocycles. The number of carbonyl (C=O) groups is 1. The lowest BCUT2D eigenvalue weighted by atomic mass is 10.1. The second-order valence-corrected chi connectivity index (χ2v) is 4.14. The summed E-state index contributed by atoms with van der Waals surface area (Å²) in [5.74, 6) is -0.725. The van der Waals surface area contributed by atoms with Crippen LogP contribution in [0, 0.1) is 12.7 Å². The van der Waals surface area contributed by atoms with Gasteiger partial charge in [-0.05, 0) is 37.5 Å². The number of carbonyl (C=O) groups excluding carboxylic acids is 1. The number of aryl methyl sites for hydroxylation is 1. The van der Waals surface area contributed by atoms with E-state index in [1.807, 2.05) is 6.08 Å². The number of halogens is 1. The lowest BCUT2D eigenvalue weighted by Gasteiger charge is -2.17. The molecule has 0 heterocycles. The van der Waals surface area contributed by atoms with Crippen LogP contribution in [0.25, 0.3) is 0 Å². The molecule has 3 heteroatoms. The van der Waals surface area contributed by atoms with Crippen LogP contribution in [-0.4, -0.2) is 24.4 Å². The number of rotatable bonds is 5. The summed E-state index contributed by atoms with van der Waals surface area (Å²) in [7, 11) is 1.69. The van der Waals surface area contributed by atoms with Crippen molar-refractivity contribution in [3.8, 4) is 0 Å². The molecule has 2 nitrogen and oxygen atoms in total. The highest BCUT2D eigenvalue weighted by Gasteiger charge is 2.15. The summed E-state index contributed by atoms with van der Waals surface area (Å²) in [4.78, 5) is 13.5. The van der Waals surface area contributed by atoms with Crippen LogP contribution in [0.2, 0.25) is 0 Å². The van der Waals surface area contributed by atoms with Gasteiger partial charge in [0.1, 0.15) is 5.82 Å². The van der Waals surface area contributed by atoms with Crippen LogP contribution in [0.4, 0.5) is 4.39 Å². The molecule has 0 aliphatic carbocycles. The molecule has 0 bridgehead atoms. The standard InChI is InChI=1S/C14H18FNO/c1-4-5-6-9-16(3)14(17)12-8-7-11(2)10-13(12)15/h4,7-8,10H,1,5-6,9H2,2-3H3. The van der Waals surface area contributed by atoms with Crippen LogP contribution in [0.5, 0.6) is 0 Å². The van der Waals surface area contributed by atoms with E-state index >= 15 is 0 Å². The van der Waals surface area contributed by atoms with Gasteiger partial charge < -0.3 is 4.90 Å². The maximum absolute atomic E-state index is 13.6. The van der Waals surface area contributed by atoms with Crippen molar-refractivity contribution in [2.75, 3.05) is 13.6 Å². The van der Waals surface area contributed by atoms with Crippen molar-refractivity contribution < 1.29 is 9.18 Å². The molecule has 0 aromatic heterocycles. The summed E-state index contributed by atoms with van der Waals surface area (Å²) >= 11 is 0. The summed E-state index contributed by atoms with van der Waals surface area (Å²) in [6.45, 7) is 6.03. The van der Waals surface area contributed by atoms with Crippen LogP contribution >= 0.6 is 0 Å². The van der Waals surface area contributed by atoms with Crippen molar-refractivity contribution in [2.24, 2.45) is 0 Å². The summed E-state index contributed by atoms with van der Waals surface area (Å²) in [6.07, 6.45) is 3.51. The molecule has 0 radical (unpaired) electrons. The molecule has 0 saturated heterocycles.